The summed E-state index contributed by atoms with van der Waals surface area (Å²) in [6, 6.07) is 0. The second kappa shape index (κ2) is 4.85. The lowest BCUT2D eigenvalue weighted by Crippen LogP contribution is -2.42. The summed E-state index contributed by atoms with van der Waals surface area (Å²) in [5, 5.41) is 0. The maximum absolute atomic E-state index is 14.6. The third kappa shape index (κ3) is 2.31. The number of Topliss-reactive ketones (excluding diaryl/α,β-unsaturated/α-hetero) is 1. The van der Waals surface area contributed by atoms with E-state index >= 15 is 0 Å². The van der Waals surface area contributed by atoms with E-state index in [9.17, 15) is 9.18 Å². The van der Waals surface area contributed by atoms with E-state index in [1.165, 1.54) is 6.42 Å². The molecule has 1 unspecified atom stereocenters. The van der Waals surface area contributed by atoms with E-state index in [2.05, 4.69) is 0 Å². The van der Waals surface area contributed by atoms with Crippen molar-refractivity contribution in [2.75, 3.05) is 0 Å². The molecule has 2 rings (SSSR count). The van der Waals surface area contributed by atoms with Crippen molar-refractivity contribution in [3.05, 3.63) is 0 Å². The smallest absolute Gasteiger partial charge is 0.173 e. The molecule has 0 amide bonds. The summed E-state index contributed by atoms with van der Waals surface area (Å²) < 4.78 is 14.6. The minimum absolute atomic E-state index is 0.00178. The Morgan fingerprint density at radius 3 is 2.06 bits per heavy atom. The normalized spacial score (nSPS) is 27.9. The molecule has 0 radical (unpaired) electrons. The van der Waals surface area contributed by atoms with Crippen molar-refractivity contribution in [3.8, 4) is 0 Å². The van der Waals surface area contributed by atoms with Crippen molar-refractivity contribution < 1.29 is 9.18 Å². The molecular weight excluding hydrogens is 203 g/mol. The van der Waals surface area contributed by atoms with Gasteiger partial charge in [0.2, 0.25) is 0 Å². The Hall–Kier alpha value is -0.400. The summed E-state index contributed by atoms with van der Waals surface area (Å²) in [5.74, 6) is -0.0645. The van der Waals surface area contributed by atoms with E-state index in [-0.39, 0.29) is 17.6 Å². The van der Waals surface area contributed by atoms with Crippen LogP contribution in [-0.4, -0.2) is 11.5 Å². The van der Waals surface area contributed by atoms with Crippen LogP contribution in [0.5, 0.6) is 0 Å². The predicted molar refractivity (Wildman–Crippen MR) is 63.1 cm³/mol. The van der Waals surface area contributed by atoms with Gasteiger partial charge < -0.3 is 0 Å². The fourth-order valence-electron chi connectivity index (χ4n) is 3.43. The molecule has 2 aliphatic carbocycles. The predicted octanol–water partition coefficient (Wildman–Crippen LogP) is 4.05. The van der Waals surface area contributed by atoms with Crippen LogP contribution in [0, 0.1) is 11.8 Å². The number of rotatable bonds is 3. The van der Waals surface area contributed by atoms with Crippen LogP contribution < -0.4 is 0 Å². The minimum atomic E-state index is -1.54. The SMILES string of the molecule is CC(F)(C(=O)C1CCCCC1)C1CCCC1. The monoisotopic (exact) mass is 226 g/mol. The second-order valence-corrected chi connectivity index (χ2v) is 5.76. The summed E-state index contributed by atoms with van der Waals surface area (Å²) in [5.41, 5.74) is -1.54. The lowest BCUT2D eigenvalue weighted by Gasteiger charge is -2.31. The molecule has 0 N–H and O–H groups in total. The number of alkyl halides is 1. The highest BCUT2D eigenvalue weighted by Gasteiger charge is 2.45. The lowest BCUT2D eigenvalue weighted by atomic mass is 9.76. The number of ketones is 1. The van der Waals surface area contributed by atoms with Gasteiger partial charge in [-0.3, -0.25) is 4.79 Å². The van der Waals surface area contributed by atoms with E-state index in [4.69, 9.17) is 0 Å². The molecular formula is C14H23FO. The summed E-state index contributed by atoms with van der Waals surface area (Å²) in [6.07, 6.45) is 9.29. The first-order valence-electron chi connectivity index (χ1n) is 6.85. The average Bonchev–Trinajstić information content (AvgIpc) is 2.83. The maximum Gasteiger partial charge on any atom is 0.173 e. The number of halogens is 1. The van der Waals surface area contributed by atoms with Crippen LogP contribution in [0.4, 0.5) is 4.39 Å². The van der Waals surface area contributed by atoms with Gasteiger partial charge in [0.15, 0.2) is 11.5 Å². The van der Waals surface area contributed by atoms with Crippen molar-refractivity contribution >= 4 is 5.78 Å². The number of carbonyl (C=O) groups is 1. The molecule has 2 fully saturated rings. The Morgan fingerprint density at radius 2 is 1.50 bits per heavy atom. The quantitative estimate of drug-likeness (QED) is 0.709. The first kappa shape index (κ1) is 12.1. The van der Waals surface area contributed by atoms with Crippen molar-refractivity contribution in [2.24, 2.45) is 11.8 Å². The molecule has 1 atom stereocenters. The van der Waals surface area contributed by atoms with Gasteiger partial charge >= 0.3 is 0 Å². The zero-order chi connectivity index (χ0) is 11.6. The van der Waals surface area contributed by atoms with Crippen LogP contribution in [-0.2, 0) is 4.79 Å². The minimum Gasteiger partial charge on any atom is -0.296 e. The van der Waals surface area contributed by atoms with Gasteiger partial charge in [-0.1, -0.05) is 32.1 Å². The Kier molecular flexibility index (Phi) is 3.66. The molecule has 0 saturated heterocycles. The number of hydrogen-bond donors (Lipinski definition) is 0. The molecule has 1 nitrogen and oxygen atoms in total. The van der Waals surface area contributed by atoms with Crippen molar-refractivity contribution in [2.45, 2.75) is 70.4 Å². The first-order valence-corrected chi connectivity index (χ1v) is 6.85. The molecule has 0 aromatic rings. The van der Waals surface area contributed by atoms with Crippen LogP contribution in [0.25, 0.3) is 0 Å². The van der Waals surface area contributed by atoms with Crippen molar-refractivity contribution in [1.29, 1.82) is 0 Å². The third-order valence-electron chi connectivity index (χ3n) is 4.58. The summed E-state index contributed by atoms with van der Waals surface area (Å²) in [7, 11) is 0. The van der Waals surface area contributed by atoms with Gasteiger partial charge in [0.05, 0.1) is 0 Å². The molecule has 16 heavy (non-hydrogen) atoms. The fraction of sp³-hybridized carbons (Fsp3) is 0.929. The van der Waals surface area contributed by atoms with Crippen molar-refractivity contribution in [1.82, 2.24) is 0 Å². The molecule has 0 spiro atoms. The first-order chi connectivity index (χ1) is 7.62. The van der Waals surface area contributed by atoms with Gasteiger partial charge in [0.1, 0.15) is 0 Å². The van der Waals surface area contributed by atoms with E-state index in [1.807, 2.05) is 0 Å². The zero-order valence-corrected chi connectivity index (χ0v) is 10.3. The van der Waals surface area contributed by atoms with Gasteiger partial charge in [-0.2, -0.15) is 0 Å². The van der Waals surface area contributed by atoms with Crippen molar-refractivity contribution in [3.63, 3.8) is 0 Å². The van der Waals surface area contributed by atoms with E-state index in [0.717, 1.165) is 51.4 Å². The van der Waals surface area contributed by atoms with E-state index in [0.29, 0.717) is 0 Å². The standard InChI is InChI=1S/C14H23FO/c1-14(15,12-9-5-6-10-12)13(16)11-7-3-2-4-8-11/h11-12H,2-10H2,1H3. The Bertz CT molecular complexity index is 247. The average molecular weight is 226 g/mol. The highest BCUT2D eigenvalue weighted by Crippen LogP contribution is 2.40. The maximum atomic E-state index is 14.6. The Balaban J connectivity index is 2.00. The Labute approximate surface area is 97.8 Å². The van der Waals surface area contributed by atoms with Crippen LogP contribution in [0.1, 0.15) is 64.7 Å². The molecule has 0 aromatic carbocycles. The second-order valence-electron chi connectivity index (χ2n) is 5.76. The largest absolute Gasteiger partial charge is 0.296 e. The molecule has 2 heteroatoms. The van der Waals surface area contributed by atoms with Gasteiger partial charge in [-0.25, -0.2) is 4.39 Å². The molecule has 0 bridgehead atoms. The molecule has 0 aliphatic heterocycles. The molecule has 92 valence electrons. The van der Waals surface area contributed by atoms with Gasteiger partial charge in [-0.15, -0.1) is 0 Å². The van der Waals surface area contributed by atoms with Gasteiger partial charge in [0.25, 0.3) is 0 Å². The molecule has 0 aromatic heterocycles. The number of carbonyl (C=O) groups excluding carboxylic acids is 1. The number of hydrogen-bond acceptors (Lipinski definition) is 1. The van der Waals surface area contributed by atoms with Crippen LogP contribution >= 0.6 is 0 Å². The van der Waals surface area contributed by atoms with E-state index < -0.39 is 5.67 Å². The highest BCUT2D eigenvalue weighted by molar-refractivity contribution is 5.89. The van der Waals surface area contributed by atoms with E-state index in [1.54, 1.807) is 6.92 Å². The van der Waals surface area contributed by atoms with Crippen LogP contribution in [0.15, 0.2) is 0 Å². The lowest BCUT2D eigenvalue weighted by molar-refractivity contribution is -0.138. The highest BCUT2D eigenvalue weighted by atomic mass is 19.1. The topological polar surface area (TPSA) is 17.1 Å². The summed E-state index contributed by atoms with van der Waals surface area (Å²) in [6.45, 7) is 1.54. The summed E-state index contributed by atoms with van der Waals surface area (Å²) >= 11 is 0. The molecule has 0 heterocycles. The molecule has 2 saturated carbocycles. The van der Waals surface area contributed by atoms with Crippen LogP contribution in [0.3, 0.4) is 0 Å². The van der Waals surface area contributed by atoms with Gasteiger partial charge in [-0.05, 0) is 38.5 Å². The van der Waals surface area contributed by atoms with Gasteiger partial charge in [0, 0.05) is 5.92 Å². The molecule has 2 aliphatic rings. The summed E-state index contributed by atoms with van der Waals surface area (Å²) in [4.78, 5) is 12.2. The zero-order valence-electron chi connectivity index (χ0n) is 10.3. The fourth-order valence-corrected chi connectivity index (χ4v) is 3.43. The Morgan fingerprint density at radius 1 is 1.00 bits per heavy atom. The third-order valence-corrected chi connectivity index (χ3v) is 4.58. The van der Waals surface area contributed by atoms with Crippen LogP contribution in [0.2, 0.25) is 0 Å².